The number of hydrogen-bond acceptors (Lipinski definition) is 4. The van der Waals surface area contributed by atoms with Crippen molar-refractivity contribution in [2.75, 3.05) is 6.54 Å². The normalized spacial score (nSPS) is 13.6. The standard InChI is InChI=1S/C23H26N4.Fe.2HI/c1-14-7-16(3)22(17(4)8-14)25-12-20-11-24-21(27-20)13-26-23-18(5)9-15(2)10-19(23)6;;;/h7-10,12-13H,11H2,1-6H3;;2*1H/q;+2;;/p-2. The number of benzene rings is 2. The van der Waals surface area contributed by atoms with Gasteiger partial charge in [0.2, 0.25) is 0 Å². The minimum absolute atomic E-state index is 0.542. The molecule has 0 saturated carbocycles. The predicted molar refractivity (Wildman–Crippen MR) is 145 cm³/mol. The third-order valence-corrected chi connectivity index (χ3v) is 4.58. The summed E-state index contributed by atoms with van der Waals surface area (Å²) in [5.41, 5.74) is 10.0. The van der Waals surface area contributed by atoms with Crippen LogP contribution in [0.15, 0.2) is 44.2 Å². The number of rotatable bonds is 4. The van der Waals surface area contributed by atoms with Crippen molar-refractivity contribution in [1.29, 1.82) is 0 Å². The topological polar surface area (TPSA) is 49.4 Å². The average Bonchev–Trinajstić information content (AvgIpc) is 3.08. The fourth-order valence-electron chi connectivity index (χ4n) is 3.53. The van der Waals surface area contributed by atoms with Gasteiger partial charge in [-0.15, -0.1) is 0 Å². The summed E-state index contributed by atoms with van der Waals surface area (Å²) in [6, 6.07) is 8.58. The molecule has 0 amide bonds. The molecular weight excluding hydrogens is 642 g/mol. The zero-order valence-corrected chi connectivity index (χ0v) is 23.5. The molecule has 4 nitrogen and oxygen atoms in total. The second kappa shape index (κ2) is 12.2. The van der Waals surface area contributed by atoms with Crippen LogP contribution in [0, 0.1) is 41.5 Å². The Kier molecular flexibility index (Phi) is 10.3. The molecule has 0 saturated heterocycles. The molecule has 3 rings (SSSR count). The summed E-state index contributed by atoms with van der Waals surface area (Å²) in [5, 5.41) is 0. The van der Waals surface area contributed by atoms with Crippen molar-refractivity contribution in [3.63, 3.8) is 0 Å². The Bertz CT molecular complexity index is 993. The van der Waals surface area contributed by atoms with E-state index < -0.39 is 0 Å². The van der Waals surface area contributed by atoms with E-state index in [1.165, 1.54) is 41.8 Å². The monoisotopic (exact) mass is 668 g/mol. The SMILES string of the molecule is Cc1cc(C)c(N=CC2=NC(C=Nc3c(C)cc(C)cc3C)=NC2)c(C)c1.[I][Fe][I]. The van der Waals surface area contributed by atoms with Gasteiger partial charge in [-0.2, -0.15) is 0 Å². The first-order valence-corrected chi connectivity index (χ1v) is 16.6. The van der Waals surface area contributed by atoms with Gasteiger partial charge in [0.1, 0.15) is 0 Å². The van der Waals surface area contributed by atoms with Gasteiger partial charge in [0.05, 0.1) is 36.1 Å². The van der Waals surface area contributed by atoms with Crippen LogP contribution in [-0.4, -0.2) is 30.5 Å². The number of nitrogens with zero attached hydrogens (tertiary/aromatic N) is 4. The van der Waals surface area contributed by atoms with Gasteiger partial charge in [0, 0.05) is 0 Å². The summed E-state index contributed by atoms with van der Waals surface area (Å²) >= 11 is 4.55. The van der Waals surface area contributed by atoms with Crippen molar-refractivity contribution in [3.8, 4) is 0 Å². The number of hydrogen-bond donors (Lipinski definition) is 0. The maximum absolute atomic E-state index is 4.65. The minimum atomic E-state index is 0.542. The molecule has 0 radical (unpaired) electrons. The molecule has 0 unspecified atom stereocenters. The van der Waals surface area contributed by atoms with Crippen molar-refractivity contribution in [3.05, 3.63) is 57.6 Å². The van der Waals surface area contributed by atoms with Crippen LogP contribution in [0.1, 0.15) is 33.4 Å². The molecule has 0 atom stereocenters. The molecule has 0 fully saturated rings. The van der Waals surface area contributed by atoms with Gasteiger partial charge >= 0.3 is 49.1 Å². The van der Waals surface area contributed by atoms with Gasteiger partial charge in [0.15, 0.2) is 5.84 Å². The van der Waals surface area contributed by atoms with E-state index in [9.17, 15) is 0 Å². The van der Waals surface area contributed by atoms with Gasteiger partial charge in [-0.05, 0) is 63.8 Å². The van der Waals surface area contributed by atoms with Crippen LogP contribution in [0.25, 0.3) is 0 Å². The summed E-state index contributed by atoms with van der Waals surface area (Å²) in [7, 11) is 1.19. The van der Waals surface area contributed by atoms with Crippen molar-refractivity contribution >= 4 is 76.0 Å². The molecule has 2 aromatic rings. The molecule has 0 spiro atoms. The van der Waals surface area contributed by atoms with E-state index in [0.717, 1.165) is 17.1 Å². The molecule has 160 valence electrons. The van der Waals surface area contributed by atoms with Crippen LogP contribution in [0.3, 0.4) is 0 Å². The number of amidine groups is 1. The summed E-state index contributed by atoms with van der Waals surface area (Å²) in [6.45, 7) is 13.1. The summed E-state index contributed by atoms with van der Waals surface area (Å²) in [5.74, 6) is 0.646. The van der Waals surface area contributed by atoms with Crippen molar-refractivity contribution in [2.24, 2.45) is 20.0 Å². The second-order valence-electron chi connectivity index (χ2n) is 7.34. The van der Waals surface area contributed by atoms with E-state index in [1.807, 2.05) is 6.21 Å². The van der Waals surface area contributed by atoms with E-state index in [0.29, 0.717) is 12.4 Å². The van der Waals surface area contributed by atoms with Crippen LogP contribution < -0.4 is 0 Å². The van der Waals surface area contributed by atoms with Crippen molar-refractivity contribution in [2.45, 2.75) is 41.5 Å². The van der Waals surface area contributed by atoms with Crippen LogP contribution in [0.4, 0.5) is 11.4 Å². The fraction of sp³-hybridized carbons (Fsp3) is 0.304. The predicted octanol–water partition coefficient (Wildman–Crippen LogP) is 7.26. The number of aryl methyl sites for hydroxylation is 6. The van der Waals surface area contributed by atoms with Crippen molar-refractivity contribution < 1.29 is 8.46 Å². The fourth-order valence-corrected chi connectivity index (χ4v) is 3.53. The molecule has 30 heavy (non-hydrogen) atoms. The van der Waals surface area contributed by atoms with Crippen LogP contribution in [0.5, 0.6) is 0 Å². The zero-order chi connectivity index (χ0) is 22.3. The molecule has 2 aromatic carbocycles. The van der Waals surface area contributed by atoms with Gasteiger partial charge in [-0.25, -0.2) is 4.99 Å². The Balaban J connectivity index is 0.00000101. The van der Waals surface area contributed by atoms with Crippen LogP contribution in [-0.2, 0) is 8.46 Å². The Morgan fingerprint density at radius 2 is 1.17 bits per heavy atom. The summed E-state index contributed by atoms with van der Waals surface area (Å²) in [4.78, 5) is 18.2. The molecule has 7 heteroatoms. The van der Waals surface area contributed by atoms with E-state index in [-0.39, 0.29) is 0 Å². The maximum atomic E-state index is 4.65. The summed E-state index contributed by atoms with van der Waals surface area (Å²) < 4.78 is 0. The summed E-state index contributed by atoms with van der Waals surface area (Å²) in [6.07, 6.45) is 3.56. The molecule has 0 bridgehead atoms. The molecule has 0 aliphatic carbocycles. The molecule has 0 N–H and O–H groups in total. The Labute approximate surface area is 208 Å². The van der Waals surface area contributed by atoms with Gasteiger partial charge < -0.3 is 0 Å². The Morgan fingerprint density at radius 1 is 0.767 bits per heavy atom. The molecule has 1 heterocycles. The molecular formula is C23H26FeI2N4. The Hall–Kier alpha value is -0.901. The zero-order valence-electron chi connectivity index (χ0n) is 18.1. The van der Waals surface area contributed by atoms with Crippen LogP contribution in [0.2, 0.25) is 0 Å². The van der Waals surface area contributed by atoms with Gasteiger partial charge in [-0.3, -0.25) is 15.0 Å². The quantitative estimate of drug-likeness (QED) is 0.187. The van der Waals surface area contributed by atoms with E-state index in [4.69, 9.17) is 0 Å². The van der Waals surface area contributed by atoms with E-state index >= 15 is 0 Å². The average molecular weight is 668 g/mol. The number of aliphatic imine (C=N–C) groups is 4. The third-order valence-electron chi connectivity index (χ3n) is 4.58. The number of halogens is 2. The Morgan fingerprint density at radius 3 is 1.60 bits per heavy atom. The molecule has 1 aliphatic rings. The third kappa shape index (κ3) is 7.35. The van der Waals surface area contributed by atoms with E-state index in [1.54, 1.807) is 6.21 Å². The van der Waals surface area contributed by atoms with Gasteiger partial charge in [0.25, 0.3) is 0 Å². The molecule has 1 aliphatic heterocycles. The van der Waals surface area contributed by atoms with Crippen molar-refractivity contribution in [1.82, 2.24) is 0 Å². The first-order chi connectivity index (χ1) is 14.2. The molecule has 0 aromatic heterocycles. The van der Waals surface area contributed by atoms with E-state index in [2.05, 4.69) is 126 Å². The first kappa shape index (κ1) is 25.4. The van der Waals surface area contributed by atoms with Crippen LogP contribution >= 0.6 is 40.7 Å². The second-order valence-corrected chi connectivity index (χ2v) is 16.7. The first-order valence-electron chi connectivity index (χ1n) is 9.46. The van der Waals surface area contributed by atoms with Gasteiger partial charge in [-0.1, -0.05) is 35.4 Å².